The summed E-state index contributed by atoms with van der Waals surface area (Å²) in [5.41, 5.74) is 2.31. The van der Waals surface area contributed by atoms with Gasteiger partial charge >= 0.3 is 0 Å². The summed E-state index contributed by atoms with van der Waals surface area (Å²) < 4.78 is 26.8. The first kappa shape index (κ1) is 21.2. The lowest BCUT2D eigenvalue weighted by Gasteiger charge is -2.30. The quantitative estimate of drug-likeness (QED) is 0.567. The van der Waals surface area contributed by atoms with E-state index in [2.05, 4.69) is 14.6 Å². The Labute approximate surface area is 180 Å². The van der Waals surface area contributed by atoms with Crippen LogP contribution in [-0.4, -0.2) is 60.2 Å². The fraction of sp³-hybridized carbons (Fsp3) is 0.318. The molecule has 1 aliphatic heterocycles. The average molecular weight is 441 g/mol. The molecule has 0 aliphatic carbocycles. The van der Waals surface area contributed by atoms with Crippen LogP contribution in [0, 0.1) is 5.92 Å². The fourth-order valence-electron chi connectivity index (χ4n) is 3.93. The summed E-state index contributed by atoms with van der Waals surface area (Å²) in [6, 6.07) is 12.1. The number of carbonyl (C=O) groups is 2. The number of sulfonamides is 1. The molecule has 9 heteroatoms. The van der Waals surface area contributed by atoms with E-state index in [0.29, 0.717) is 49.4 Å². The van der Waals surface area contributed by atoms with E-state index in [1.165, 1.54) is 0 Å². The molecule has 3 aromatic rings. The van der Waals surface area contributed by atoms with Crippen LogP contribution in [0.1, 0.15) is 33.7 Å². The highest BCUT2D eigenvalue weighted by molar-refractivity contribution is 7.92. The number of nitrogens with one attached hydrogen (secondary N) is 1. The van der Waals surface area contributed by atoms with Crippen LogP contribution in [0.2, 0.25) is 0 Å². The van der Waals surface area contributed by atoms with Gasteiger partial charge in [0.15, 0.2) is 11.6 Å². The minimum absolute atomic E-state index is 0.0115. The first-order valence-corrected chi connectivity index (χ1v) is 12.0. The monoisotopic (exact) mass is 440 g/mol. The van der Waals surface area contributed by atoms with Crippen LogP contribution in [0.25, 0.3) is 5.65 Å². The molecule has 1 N–H and O–H groups in total. The van der Waals surface area contributed by atoms with Gasteiger partial charge in [0.25, 0.3) is 0 Å². The first-order chi connectivity index (χ1) is 14.8. The zero-order chi connectivity index (χ0) is 22.0. The summed E-state index contributed by atoms with van der Waals surface area (Å²) in [4.78, 5) is 31.9. The van der Waals surface area contributed by atoms with Crippen molar-refractivity contribution in [3.8, 4) is 0 Å². The number of imidazole rings is 1. The molecular formula is C22H24N4O4S. The topological polar surface area (TPSA) is 101 Å². The Morgan fingerprint density at radius 3 is 2.48 bits per heavy atom. The molecule has 1 saturated heterocycles. The van der Waals surface area contributed by atoms with Gasteiger partial charge in [-0.15, -0.1) is 0 Å². The van der Waals surface area contributed by atoms with Gasteiger partial charge in [-0.1, -0.05) is 6.07 Å². The number of nitrogens with zero attached hydrogens (tertiary/aromatic N) is 3. The number of hydrogen-bond acceptors (Lipinski definition) is 6. The Balaban J connectivity index is 1.33. The number of likely N-dealkylation sites (tertiary alicyclic amines) is 1. The molecule has 1 fully saturated rings. The van der Waals surface area contributed by atoms with Crippen molar-refractivity contribution < 1.29 is 18.0 Å². The molecule has 162 valence electrons. The number of carbonyl (C=O) groups excluding carboxylic acids is 2. The molecule has 0 spiro atoms. The molecule has 31 heavy (non-hydrogen) atoms. The van der Waals surface area contributed by atoms with Gasteiger partial charge in [-0.25, -0.2) is 13.4 Å². The molecule has 0 atom stereocenters. The van der Waals surface area contributed by atoms with E-state index >= 15 is 0 Å². The molecular weight excluding hydrogens is 416 g/mol. The highest BCUT2D eigenvalue weighted by atomic mass is 32.2. The molecule has 0 saturated carbocycles. The first-order valence-electron chi connectivity index (χ1n) is 10.1. The second kappa shape index (κ2) is 8.60. The van der Waals surface area contributed by atoms with Gasteiger partial charge in [0.2, 0.25) is 10.0 Å². The van der Waals surface area contributed by atoms with Gasteiger partial charge in [-0.3, -0.25) is 23.6 Å². The number of fused-ring (bicyclic) bond motifs is 1. The number of ketones is 2. The highest BCUT2D eigenvalue weighted by Gasteiger charge is 2.27. The molecule has 0 bridgehead atoms. The maximum absolute atomic E-state index is 12.8. The van der Waals surface area contributed by atoms with Crippen molar-refractivity contribution in [2.75, 3.05) is 30.6 Å². The number of rotatable bonds is 7. The SMILES string of the molecule is CS(=O)(=O)Nc1ccc(C(=O)C2CCN(CC(=O)c3cnc4ccccn34)CC2)cc1. The van der Waals surface area contributed by atoms with Crippen LogP contribution in [0.3, 0.4) is 0 Å². The summed E-state index contributed by atoms with van der Waals surface area (Å²) in [5.74, 6) is -0.0352. The van der Waals surface area contributed by atoms with E-state index in [9.17, 15) is 18.0 Å². The van der Waals surface area contributed by atoms with Crippen molar-refractivity contribution in [1.82, 2.24) is 14.3 Å². The minimum Gasteiger partial charge on any atom is -0.297 e. The predicted octanol–water partition coefficient (Wildman–Crippen LogP) is 2.48. The van der Waals surface area contributed by atoms with Gasteiger partial charge in [0, 0.05) is 23.4 Å². The van der Waals surface area contributed by atoms with Crippen LogP contribution < -0.4 is 4.72 Å². The van der Waals surface area contributed by atoms with E-state index in [4.69, 9.17) is 0 Å². The number of piperidine rings is 1. The zero-order valence-corrected chi connectivity index (χ0v) is 18.0. The lowest BCUT2D eigenvalue weighted by atomic mass is 9.88. The molecule has 0 radical (unpaired) electrons. The van der Waals surface area contributed by atoms with Crippen LogP contribution >= 0.6 is 0 Å². The minimum atomic E-state index is -3.35. The van der Waals surface area contributed by atoms with Crippen molar-refractivity contribution in [3.05, 3.63) is 66.1 Å². The smallest absolute Gasteiger partial charge is 0.229 e. The fourth-order valence-corrected chi connectivity index (χ4v) is 4.49. The van der Waals surface area contributed by atoms with Gasteiger partial charge in [-0.2, -0.15) is 0 Å². The van der Waals surface area contributed by atoms with Crippen LogP contribution in [0.15, 0.2) is 54.9 Å². The molecule has 0 amide bonds. The third-order valence-electron chi connectivity index (χ3n) is 5.50. The molecule has 1 aromatic carbocycles. The molecule has 4 rings (SSSR count). The summed E-state index contributed by atoms with van der Waals surface area (Å²) in [7, 11) is -3.35. The standard InChI is InChI=1S/C22H24N4O4S/c1-31(29,30)24-18-7-5-16(6-8-18)22(28)17-9-12-25(13-10-17)15-20(27)19-14-23-21-4-2-3-11-26(19)21/h2-8,11,14,17,24H,9-10,12-13,15H2,1H3. The maximum Gasteiger partial charge on any atom is 0.229 e. The Bertz CT molecular complexity index is 1210. The molecule has 3 heterocycles. The largest absolute Gasteiger partial charge is 0.297 e. The summed E-state index contributed by atoms with van der Waals surface area (Å²) in [6.07, 6.45) is 5.89. The van der Waals surface area contributed by atoms with Crippen molar-refractivity contribution >= 4 is 32.9 Å². The van der Waals surface area contributed by atoms with E-state index in [1.54, 1.807) is 34.9 Å². The van der Waals surface area contributed by atoms with Gasteiger partial charge in [0.1, 0.15) is 11.3 Å². The van der Waals surface area contributed by atoms with Crippen LogP contribution in [0.4, 0.5) is 5.69 Å². The van der Waals surface area contributed by atoms with Crippen molar-refractivity contribution in [2.45, 2.75) is 12.8 Å². The number of aromatic nitrogens is 2. The van der Waals surface area contributed by atoms with Crippen LogP contribution in [-0.2, 0) is 10.0 Å². The molecule has 8 nitrogen and oxygen atoms in total. The zero-order valence-electron chi connectivity index (χ0n) is 17.2. The van der Waals surface area contributed by atoms with Crippen molar-refractivity contribution in [2.24, 2.45) is 5.92 Å². The number of pyridine rings is 1. The number of benzene rings is 1. The Kier molecular flexibility index (Phi) is 5.88. The lowest BCUT2D eigenvalue weighted by molar-refractivity contribution is 0.0803. The summed E-state index contributed by atoms with van der Waals surface area (Å²) in [6.45, 7) is 1.65. The van der Waals surface area contributed by atoms with Gasteiger partial charge in [0.05, 0.1) is 19.0 Å². The Morgan fingerprint density at radius 1 is 1.10 bits per heavy atom. The van der Waals surface area contributed by atoms with E-state index in [0.717, 1.165) is 11.9 Å². The second-order valence-corrected chi connectivity index (χ2v) is 9.61. The number of hydrogen-bond donors (Lipinski definition) is 1. The Morgan fingerprint density at radius 2 is 1.81 bits per heavy atom. The van der Waals surface area contributed by atoms with Gasteiger partial charge in [-0.05, 0) is 62.3 Å². The third-order valence-corrected chi connectivity index (χ3v) is 6.11. The van der Waals surface area contributed by atoms with Crippen molar-refractivity contribution in [3.63, 3.8) is 0 Å². The average Bonchev–Trinajstić information content (AvgIpc) is 3.17. The normalized spacial score (nSPS) is 15.8. The molecule has 1 aliphatic rings. The highest BCUT2D eigenvalue weighted by Crippen LogP contribution is 2.23. The van der Waals surface area contributed by atoms with E-state index in [1.807, 2.05) is 24.4 Å². The second-order valence-electron chi connectivity index (χ2n) is 7.86. The lowest BCUT2D eigenvalue weighted by Crippen LogP contribution is -2.39. The summed E-state index contributed by atoms with van der Waals surface area (Å²) in [5, 5.41) is 0. The molecule has 0 unspecified atom stereocenters. The number of anilines is 1. The number of Topliss-reactive ketones (excluding diaryl/α,β-unsaturated/α-hetero) is 2. The van der Waals surface area contributed by atoms with Crippen LogP contribution in [0.5, 0.6) is 0 Å². The maximum atomic E-state index is 12.8. The predicted molar refractivity (Wildman–Crippen MR) is 118 cm³/mol. The summed E-state index contributed by atoms with van der Waals surface area (Å²) >= 11 is 0. The third kappa shape index (κ3) is 5.00. The van der Waals surface area contributed by atoms with E-state index in [-0.39, 0.29) is 17.5 Å². The van der Waals surface area contributed by atoms with E-state index < -0.39 is 10.0 Å². The van der Waals surface area contributed by atoms with Gasteiger partial charge < -0.3 is 0 Å². The molecule has 2 aromatic heterocycles. The van der Waals surface area contributed by atoms with Crippen molar-refractivity contribution in [1.29, 1.82) is 0 Å². The Hall–Kier alpha value is -3.04.